The number of aromatic hydroxyl groups is 1. The number of benzene rings is 2. The molecule has 1 amide bonds. The van der Waals surface area contributed by atoms with Crippen LogP contribution in [0.15, 0.2) is 54.1 Å². The summed E-state index contributed by atoms with van der Waals surface area (Å²) in [6, 6.07) is 10.7. The Morgan fingerprint density at radius 2 is 2.07 bits per heavy atom. The number of likely N-dealkylation sites (tertiary alicyclic amines) is 1. The molecule has 1 N–H and O–H groups in total. The largest absolute Gasteiger partial charge is 0.508 e. The lowest BCUT2D eigenvalue weighted by Gasteiger charge is -2.40. The fourth-order valence-electron chi connectivity index (χ4n) is 3.35. The Morgan fingerprint density at radius 1 is 1.29 bits per heavy atom. The van der Waals surface area contributed by atoms with Gasteiger partial charge in [-0.25, -0.2) is 4.39 Å². The van der Waals surface area contributed by atoms with Crippen LogP contribution in [0.1, 0.15) is 36.2 Å². The molecule has 0 saturated carbocycles. The Bertz CT molecular complexity index is 981. The monoisotopic (exact) mass is 397 g/mol. The van der Waals surface area contributed by atoms with Gasteiger partial charge < -0.3 is 10.0 Å². The number of piperidine rings is 1. The molecule has 5 heteroatoms. The highest BCUT2D eigenvalue weighted by Gasteiger charge is 2.33. The van der Waals surface area contributed by atoms with Crippen molar-refractivity contribution in [1.82, 2.24) is 4.90 Å². The van der Waals surface area contributed by atoms with Crippen LogP contribution in [0.25, 0.3) is 0 Å². The Hall–Kier alpha value is -2.77. The number of rotatable bonds is 1. The van der Waals surface area contributed by atoms with Crippen LogP contribution in [-0.2, 0) is 0 Å². The molecule has 0 aromatic heterocycles. The van der Waals surface area contributed by atoms with Gasteiger partial charge in [0.2, 0.25) is 0 Å². The number of phenols is 1. The van der Waals surface area contributed by atoms with E-state index in [0.717, 1.165) is 11.6 Å². The van der Waals surface area contributed by atoms with E-state index < -0.39 is 5.82 Å². The standard InChI is InChI=1S/C23H21ClFNO2/c1-23(2)15-26(22(28)17-6-4-8-19(24)13-17)10-9-18(23)7-3-5-16-11-20(25)14-21(27)12-16/h4,6-8,11-14,27H,9-10,15H2,1-2H3/b18-7+. The van der Waals surface area contributed by atoms with Crippen LogP contribution in [0.2, 0.25) is 5.02 Å². The normalized spacial score (nSPS) is 17.1. The van der Waals surface area contributed by atoms with Crippen molar-refractivity contribution in [3.05, 3.63) is 76.1 Å². The maximum atomic E-state index is 13.3. The van der Waals surface area contributed by atoms with Gasteiger partial charge in [0.05, 0.1) is 0 Å². The van der Waals surface area contributed by atoms with Crippen LogP contribution in [0.5, 0.6) is 5.75 Å². The number of nitrogens with zero attached hydrogens (tertiary/aromatic N) is 1. The molecule has 1 fully saturated rings. The van der Waals surface area contributed by atoms with Crippen LogP contribution in [0.3, 0.4) is 0 Å². The second-order valence-electron chi connectivity index (χ2n) is 7.51. The van der Waals surface area contributed by atoms with E-state index in [4.69, 9.17) is 11.6 Å². The molecular formula is C23H21ClFNO2. The highest BCUT2D eigenvalue weighted by Crippen LogP contribution is 2.34. The van der Waals surface area contributed by atoms with Gasteiger partial charge >= 0.3 is 0 Å². The van der Waals surface area contributed by atoms with Gasteiger partial charge in [-0.05, 0) is 42.8 Å². The van der Waals surface area contributed by atoms with Crippen molar-refractivity contribution < 1.29 is 14.3 Å². The number of phenolic OH excluding ortho intramolecular Hbond substituents is 1. The zero-order chi connectivity index (χ0) is 20.3. The van der Waals surface area contributed by atoms with E-state index in [1.807, 2.05) is 11.0 Å². The van der Waals surface area contributed by atoms with Crippen molar-refractivity contribution in [2.75, 3.05) is 13.1 Å². The van der Waals surface area contributed by atoms with Crippen LogP contribution in [-0.4, -0.2) is 29.0 Å². The summed E-state index contributed by atoms with van der Waals surface area (Å²) in [5.41, 5.74) is 1.91. The van der Waals surface area contributed by atoms with E-state index in [1.165, 1.54) is 12.1 Å². The number of halogens is 2. The molecular weight excluding hydrogens is 377 g/mol. The van der Waals surface area contributed by atoms with Crippen LogP contribution >= 0.6 is 11.6 Å². The first-order valence-corrected chi connectivity index (χ1v) is 9.38. The molecule has 3 rings (SSSR count). The molecule has 0 unspecified atom stereocenters. The predicted molar refractivity (Wildman–Crippen MR) is 109 cm³/mol. The van der Waals surface area contributed by atoms with Crippen molar-refractivity contribution in [2.24, 2.45) is 5.41 Å². The van der Waals surface area contributed by atoms with E-state index >= 15 is 0 Å². The third kappa shape index (κ3) is 4.74. The molecule has 2 aromatic carbocycles. The Kier molecular flexibility index (Phi) is 5.76. The molecule has 0 spiro atoms. The van der Waals surface area contributed by atoms with Crippen LogP contribution < -0.4 is 0 Å². The Morgan fingerprint density at radius 3 is 2.75 bits per heavy atom. The lowest BCUT2D eigenvalue weighted by Crippen LogP contribution is -2.44. The van der Waals surface area contributed by atoms with Gasteiger partial charge in [-0.1, -0.05) is 48.9 Å². The Balaban J connectivity index is 1.74. The quantitative estimate of drug-likeness (QED) is 0.685. The van der Waals surface area contributed by atoms with Crippen molar-refractivity contribution in [2.45, 2.75) is 20.3 Å². The minimum Gasteiger partial charge on any atom is -0.508 e. The second-order valence-corrected chi connectivity index (χ2v) is 7.94. The third-order valence-corrected chi connectivity index (χ3v) is 5.05. The molecule has 1 aliphatic heterocycles. The highest BCUT2D eigenvalue weighted by molar-refractivity contribution is 6.30. The van der Waals surface area contributed by atoms with E-state index in [0.29, 0.717) is 35.7 Å². The van der Waals surface area contributed by atoms with Crippen molar-refractivity contribution in [3.8, 4) is 17.6 Å². The summed E-state index contributed by atoms with van der Waals surface area (Å²) in [6.07, 6.45) is 2.55. The van der Waals surface area contributed by atoms with E-state index in [1.54, 1.807) is 24.3 Å². The van der Waals surface area contributed by atoms with Crippen molar-refractivity contribution >= 4 is 17.5 Å². The van der Waals surface area contributed by atoms with Crippen LogP contribution in [0, 0.1) is 23.1 Å². The molecule has 3 nitrogen and oxygen atoms in total. The van der Waals surface area contributed by atoms with Gasteiger partial charge in [0.1, 0.15) is 11.6 Å². The van der Waals surface area contributed by atoms with E-state index in [2.05, 4.69) is 25.7 Å². The molecule has 0 atom stereocenters. The zero-order valence-corrected chi connectivity index (χ0v) is 16.6. The SMILES string of the molecule is CC1(C)CN(C(=O)c2cccc(Cl)c2)CC/C1=C\C#Cc1cc(O)cc(F)c1. The topological polar surface area (TPSA) is 40.5 Å². The molecule has 28 heavy (non-hydrogen) atoms. The Labute approximate surface area is 169 Å². The smallest absolute Gasteiger partial charge is 0.253 e. The van der Waals surface area contributed by atoms with Gasteiger partial charge in [-0.2, -0.15) is 0 Å². The number of hydrogen-bond acceptors (Lipinski definition) is 2. The average molecular weight is 398 g/mol. The molecule has 0 aliphatic carbocycles. The average Bonchev–Trinajstić information content (AvgIpc) is 2.61. The number of amides is 1. The van der Waals surface area contributed by atoms with Gasteiger partial charge in [-0.15, -0.1) is 0 Å². The van der Waals surface area contributed by atoms with Crippen LogP contribution in [0.4, 0.5) is 4.39 Å². The van der Waals surface area contributed by atoms with Crippen molar-refractivity contribution in [3.63, 3.8) is 0 Å². The first-order chi connectivity index (χ1) is 13.2. The zero-order valence-electron chi connectivity index (χ0n) is 15.8. The molecule has 2 aromatic rings. The summed E-state index contributed by atoms with van der Waals surface area (Å²) in [5.74, 6) is 5.11. The summed E-state index contributed by atoms with van der Waals surface area (Å²) < 4.78 is 13.3. The lowest BCUT2D eigenvalue weighted by molar-refractivity contribution is 0.0663. The van der Waals surface area contributed by atoms with Gasteiger partial charge in [0.25, 0.3) is 5.91 Å². The fourth-order valence-corrected chi connectivity index (χ4v) is 3.54. The summed E-state index contributed by atoms with van der Waals surface area (Å²) >= 11 is 6.00. The number of carbonyl (C=O) groups excluding carboxylic acids is 1. The molecule has 144 valence electrons. The third-order valence-electron chi connectivity index (χ3n) is 4.81. The predicted octanol–water partition coefficient (Wildman–Crippen LogP) is 5.03. The van der Waals surface area contributed by atoms with Gasteiger partial charge in [0, 0.05) is 40.7 Å². The highest BCUT2D eigenvalue weighted by atomic mass is 35.5. The van der Waals surface area contributed by atoms with Gasteiger partial charge in [0.15, 0.2) is 0 Å². The van der Waals surface area contributed by atoms with Crippen molar-refractivity contribution in [1.29, 1.82) is 0 Å². The summed E-state index contributed by atoms with van der Waals surface area (Å²) in [7, 11) is 0. The summed E-state index contributed by atoms with van der Waals surface area (Å²) in [6.45, 7) is 5.33. The lowest BCUT2D eigenvalue weighted by atomic mass is 9.78. The number of hydrogen-bond donors (Lipinski definition) is 1. The molecule has 1 saturated heterocycles. The first kappa shape index (κ1) is 20.0. The molecule has 1 aliphatic rings. The van der Waals surface area contributed by atoms with Gasteiger partial charge in [-0.3, -0.25) is 4.79 Å². The second kappa shape index (κ2) is 8.08. The molecule has 1 heterocycles. The minimum absolute atomic E-state index is 0.0315. The number of allylic oxidation sites excluding steroid dienone is 1. The number of carbonyl (C=O) groups is 1. The molecule has 0 radical (unpaired) electrons. The summed E-state index contributed by atoms with van der Waals surface area (Å²) in [4.78, 5) is 14.6. The fraction of sp³-hybridized carbons (Fsp3) is 0.261. The minimum atomic E-state index is -0.523. The summed E-state index contributed by atoms with van der Waals surface area (Å²) in [5, 5.41) is 9.99. The molecule has 0 bridgehead atoms. The first-order valence-electron chi connectivity index (χ1n) is 9.00. The van der Waals surface area contributed by atoms with E-state index in [-0.39, 0.29) is 17.1 Å². The van der Waals surface area contributed by atoms with E-state index in [9.17, 15) is 14.3 Å². The maximum absolute atomic E-state index is 13.3. The maximum Gasteiger partial charge on any atom is 0.253 e.